The number of hydrogen-bond donors (Lipinski definition) is 0. The molecule has 0 saturated carbocycles. The van der Waals surface area contributed by atoms with Gasteiger partial charge in [-0.25, -0.2) is 0 Å². The van der Waals surface area contributed by atoms with Crippen LogP contribution in [0, 0.1) is 0 Å². The highest BCUT2D eigenvalue weighted by atomic mass is 15.4. The molecule has 0 aromatic heterocycles. The molecule has 0 saturated heterocycles. The Morgan fingerprint density at radius 2 is 2.18 bits per heavy atom. The predicted molar refractivity (Wildman–Crippen MR) is 45.4 cm³/mol. The second kappa shape index (κ2) is 2.16. The van der Waals surface area contributed by atoms with E-state index < -0.39 is 0 Å². The maximum atomic E-state index is 2.25. The first-order chi connectivity index (χ1) is 5.29. The van der Waals surface area contributed by atoms with Gasteiger partial charge in [0.15, 0.2) is 0 Å². The van der Waals surface area contributed by atoms with E-state index in [4.69, 9.17) is 0 Å². The van der Waals surface area contributed by atoms with Crippen LogP contribution in [0.3, 0.4) is 0 Å². The lowest BCUT2D eigenvalue weighted by Gasteiger charge is -2.27. The number of hydrogen-bond acceptors (Lipinski definition) is 2. The van der Waals surface area contributed by atoms with Gasteiger partial charge in [0.2, 0.25) is 0 Å². The van der Waals surface area contributed by atoms with E-state index in [-0.39, 0.29) is 0 Å². The molecule has 0 spiro atoms. The van der Waals surface area contributed by atoms with Crippen molar-refractivity contribution in [1.82, 2.24) is 9.80 Å². The quantitative estimate of drug-likeness (QED) is 0.513. The van der Waals surface area contributed by atoms with Crippen molar-refractivity contribution < 1.29 is 0 Å². The van der Waals surface area contributed by atoms with Gasteiger partial charge in [0.05, 0.1) is 0 Å². The van der Waals surface area contributed by atoms with Crippen molar-refractivity contribution in [2.75, 3.05) is 7.05 Å². The Bertz CT molecular complexity index is 250. The number of rotatable bonds is 0. The average Bonchev–Trinajstić information content (AvgIpc) is 2.30. The summed E-state index contributed by atoms with van der Waals surface area (Å²) in [6, 6.07) is 0. The molecule has 11 heavy (non-hydrogen) atoms. The summed E-state index contributed by atoms with van der Waals surface area (Å²) >= 11 is 0. The van der Waals surface area contributed by atoms with Gasteiger partial charge in [-0.15, -0.1) is 0 Å². The third kappa shape index (κ3) is 0.862. The van der Waals surface area contributed by atoms with Crippen molar-refractivity contribution in [1.29, 1.82) is 0 Å². The minimum absolute atomic E-state index is 0.417. The summed E-state index contributed by atoms with van der Waals surface area (Å²) in [5.74, 6) is 0. The van der Waals surface area contributed by atoms with Crippen molar-refractivity contribution >= 4 is 0 Å². The van der Waals surface area contributed by atoms with E-state index >= 15 is 0 Å². The first kappa shape index (κ1) is 6.53. The van der Waals surface area contributed by atoms with Crippen LogP contribution in [0.5, 0.6) is 0 Å². The van der Waals surface area contributed by atoms with Crippen LogP contribution < -0.4 is 0 Å². The van der Waals surface area contributed by atoms with E-state index in [1.165, 1.54) is 5.70 Å². The Morgan fingerprint density at radius 1 is 1.36 bits per heavy atom. The van der Waals surface area contributed by atoms with Gasteiger partial charge >= 0.3 is 0 Å². The summed E-state index contributed by atoms with van der Waals surface area (Å²) in [5.41, 5.74) is 1.31. The first-order valence-electron chi connectivity index (χ1n) is 3.83. The third-order valence-electron chi connectivity index (χ3n) is 2.25. The molecular formula is C9H12N2. The number of nitrogens with zero attached hydrogens (tertiary/aromatic N) is 2. The zero-order valence-electron chi connectivity index (χ0n) is 6.86. The van der Waals surface area contributed by atoms with Crippen LogP contribution in [0.15, 0.2) is 36.3 Å². The molecule has 2 aliphatic rings. The molecular weight excluding hydrogens is 136 g/mol. The second-order valence-corrected chi connectivity index (χ2v) is 2.97. The molecule has 58 valence electrons. The molecule has 2 aliphatic heterocycles. The minimum Gasteiger partial charge on any atom is -0.353 e. The van der Waals surface area contributed by atoms with E-state index in [0.717, 1.165) is 0 Å². The highest BCUT2D eigenvalue weighted by Gasteiger charge is 2.23. The van der Waals surface area contributed by atoms with Gasteiger partial charge in [-0.2, -0.15) is 0 Å². The molecule has 0 fully saturated rings. The Kier molecular flexibility index (Phi) is 1.28. The molecule has 0 bridgehead atoms. The van der Waals surface area contributed by atoms with Gasteiger partial charge in [0.25, 0.3) is 0 Å². The van der Waals surface area contributed by atoms with E-state index in [0.29, 0.717) is 6.17 Å². The highest BCUT2D eigenvalue weighted by Crippen LogP contribution is 2.23. The molecule has 2 nitrogen and oxygen atoms in total. The fourth-order valence-corrected chi connectivity index (χ4v) is 1.46. The van der Waals surface area contributed by atoms with Crippen LogP contribution in [-0.2, 0) is 0 Å². The van der Waals surface area contributed by atoms with E-state index in [1.54, 1.807) is 0 Å². The summed E-state index contributed by atoms with van der Waals surface area (Å²) in [6.07, 6.45) is 11.0. The van der Waals surface area contributed by atoms with Crippen LogP contribution in [0.25, 0.3) is 0 Å². The number of likely N-dealkylation sites (N-methyl/N-ethyl adjacent to an activating group) is 1. The monoisotopic (exact) mass is 148 g/mol. The summed E-state index contributed by atoms with van der Waals surface area (Å²) in [6.45, 7) is 2.12. The number of allylic oxidation sites excluding steroid dienone is 3. The Balaban J connectivity index is 2.29. The van der Waals surface area contributed by atoms with Crippen molar-refractivity contribution in [3.05, 3.63) is 36.3 Å². The summed E-state index contributed by atoms with van der Waals surface area (Å²) in [7, 11) is 2.11. The molecule has 2 heterocycles. The molecule has 1 atom stereocenters. The lowest BCUT2D eigenvalue weighted by molar-refractivity contribution is 0.264. The molecule has 0 N–H and O–H groups in total. The normalized spacial score (nSPS) is 27.5. The van der Waals surface area contributed by atoms with Gasteiger partial charge in [-0.3, -0.25) is 0 Å². The molecule has 1 unspecified atom stereocenters. The number of fused-ring (bicyclic) bond motifs is 1. The lowest BCUT2D eigenvalue weighted by atomic mass is 10.3. The standard InChI is InChI=1S/C9H12N2/c1-8-7-11-6-4-3-5-9(11)10(8)2/h3-7,9H,1-2H3. The minimum atomic E-state index is 0.417. The average molecular weight is 148 g/mol. The summed E-state index contributed by atoms with van der Waals surface area (Å²) in [5, 5.41) is 0. The van der Waals surface area contributed by atoms with Crippen molar-refractivity contribution in [2.45, 2.75) is 13.1 Å². The SMILES string of the molecule is CC1=CN2C=CC=CC2N1C. The molecule has 0 aliphatic carbocycles. The van der Waals surface area contributed by atoms with Gasteiger partial charge in [-0.1, -0.05) is 6.08 Å². The Hall–Kier alpha value is -1.18. The molecule has 2 rings (SSSR count). The Labute approximate surface area is 67.1 Å². The lowest BCUT2D eigenvalue weighted by Crippen LogP contribution is -2.33. The second-order valence-electron chi connectivity index (χ2n) is 2.97. The Morgan fingerprint density at radius 3 is 2.91 bits per heavy atom. The molecule has 0 amide bonds. The van der Waals surface area contributed by atoms with Crippen LogP contribution in [-0.4, -0.2) is 23.0 Å². The molecule has 0 aromatic rings. The predicted octanol–water partition coefficient (Wildman–Crippen LogP) is 1.50. The van der Waals surface area contributed by atoms with Crippen molar-refractivity contribution in [3.8, 4) is 0 Å². The smallest absolute Gasteiger partial charge is 0.124 e. The summed E-state index contributed by atoms with van der Waals surface area (Å²) in [4.78, 5) is 4.45. The van der Waals surface area contributed by atoms with Crippen LogP contribution >= 0.6 is 0 Å². The van der Waals surface area contributed by atoms with E-state index in [9.17, 15) is 0 Å². The molecule has 0 radical (unpaired) electrons. The molecule has 0 aromatic carbocycles. The van der Waals surface area contributed by atoms with Gasteiger partial charge in [0, 0.05) is 25.1 Å². The highest BCUT2D eigenvalue weighted by molar-refractivity contribution is 5.22. The van der Waals surface area contributed by atoms with Crippen LogP contribution in [0.4, 0.5) is 0 Å². The van der Waals surface area contributed by atoms with Crippen LogP contribution in [0.1, 0.15) is 6.92 Å². The fourth-order valence-electron chi connectivity index (χ4n) is 1.46. The topological polar surface area (TPSA) is 6.48 Å². The van der Waals surface area contributed by atoms with Crippen LogP contribution in [0.2, 0.25) is 0 Å². The van der Waals surface area contributed by atoms with Gasteiger partial charge in [0.1, 0.15) is 6.17 Å². The van der Waals surface area contributed by atoms with Crippen molar-refractivity contribution in [3.63, 3.8) is 0 Å². The zero-order chi connectivity index (χ0) is 7.84. The third-order valence-corrected chi connectivity index (χ3v) is 2.25. The van der Waals surface area contributed by atoms with E-state index in [2.05, 4.69) is 54.4 Å². The maximum absolute atomic E-state index is 2.25. The first-order valence-corrected chi connectivity index (χ1v) is 3.83. The van der Waals surface area contributed by atoms with Gasteiger partial charge in [-0.05, 0) is 19.1 Å². The van der Waals surface area contributed by atoms with E-state index in [1.807, 2.05) is 0 Å². The zero-order valence-corrected chi connectivity index (χ0v) is 6.86. The maximum Gasteiger partial charge on any atom is 0.124 e. The summed E-state index contributed by atoms with van der Waals surface area (Å²) < 4.78 is 0. The largest absolute Gasteiger partial charge is 0.353 e. The molecule has 2 heteroatoms. The van der Waals surface area contributed by atoms with Gasteiger partial charge < -0.3 is 9.80 Å². The van der Waals surface area contributed by atoms with Crippen molar-refractivity contribution in [2.24, 2.45) is 0 Å². The fraction of sp³-hybridized carbons (Fsp3) is 0.333.